The summed E-state index contributed by atoms with van der Waals surface area (Å²) >= 11 is 0. The summed E-state index contributed by atoms with van der Waals surface area (Å²) < 4.78 is 0. The van der Waals surface area contributed by atoms with Gasteiger partial charge in [0.2, 0.25) is 0 Å². The summed E-state index contributed by atoms with van der Waals surface area (Å²) in [6.07, 6.45) is 4.39. The Hall–Kier alpha value is -6.44. The Balaban J connectivity index is 1.13. The van der Waals surface area contributed by atoms with Gasteiger partial charge in [0.05, 0.1) is 0 Å². The lowest BCUT2D eigenvalue weighted by Gasteiger charge is -2.28. The number of fused-ring (bicyclic) bond motifs is 5. The van der Waals surface area contributed by atoms with Gasteiger partial charge in [-0.2, -0.15) is 0 Å². The maximum absolute atomic E-state index is 2.44. The van der Waals surface area contributed by atoms with Gasteiger partial charge in [0, 0.05) is 22.5 Å². The standard InChI is InChI=1S/C52H39N/c1-34-20-22-35(23-21-34)24-25-36-26-28-37(29-27-36)46-32-38-12-10-18-44-48(38)49-42(46)17-11-19-45(49)51-50(44)43-31-30-41(33-47(43)52(51,2)3)53(39-13-6-4-7-14-39)40-15-8-5-9-16-40/h4-33H,1-3H3/b25-24+. The molecule has 1 nitrogen and oxygen atoms in total. The van der Waals surface area contributed by atoms with Crippen molar-refractivity contribution in [2.45, 2.75) is 26.2 Å². The van der Waals surface area contributed by atoms with Crippen molar-refractivity contribution in [2.24, 2.45) is 0 Å². The van der Waals surface area contributed by atoms with Crippen LogP contribution < -0.4 is 4.90 Å². The van der Waals surface area contributed by atoms with Crippen LogP contribution in [0.5, 0.6) is 0 Å². The van der Waals surface area contributed by atoms with Crippen molar-refractivity contribution in [2.75, 3.05) is 4.90 Å². The van der Waals surface area contributed by atoms with Gasteiger partial charge in [-0.25, -0.2) is 0 Å². The molecule has 0 spiro atoms. The van der Waals surface area contributed by atoms with Crippen molar-refractivity contribution in [3.8, 4) is 22.3 Å². The summed E-state index contributed by atoms with van der Waals surface area (Å²) in [5, 5.41) is 8.02. The van der Waals surface area contributed by atoms with Crippen molar-refractivity contribution in [3.63, 3.8) is 0 Å². The monoisotopic (exact) mass is 677 g/mol. The van der Waals surface area contributed by atoms with Crippen LogP contribution in [0.15, 0.2) is 170 Å². The predicted molar refractivity (Wildman–Crippen MR) is 228 cm³/mol. The number of para-hydroxylation sites is 2. The van der Waals surface area contributed by atoms with Crippen molar-refractivity contribution in [1.82, 2.24) is 0 Å². The Morgan fingerprint density at radius 2 is 1.08 bits per heavy atom. The number of hydrogen-bond acceptors (Lipinski definition) is 1. The van der Waals surface area contributed by atoms with Crippen LogP contribution in [0.1, 0.15) is 41.7 Å². The van der Waals surface area contributed by atoms with E-state index in [1.807, 2.05) is 0 Å². The van der Waals surface area contributed by atoms with Crippen LogP contribution in [0.25, 0.3) is 66.7 Å². The van der Waals surface area contributed by atoms with E-state index in [0.29, 0.717) is 0 Å². The van der Waals surface area contributed by atoms with Crippen molar-refractivity contribution in [1.29, 1.82) is 0 Å². The molecule has 0 bridgehead atoms. The molecule has 9 aromatic rings. The molecule has 0 unspecified atom stereocenters. The fourth-order valence-corrected chi connectivity index (χ4v) is 8.89. The smallest absolute Gasteiger partial charge is 0.0465 e. The third-order valence-corrected chi connectivity index (χ3v) is 11.4. The van der Waals surface area contributed by atoms with Gasteiger partial charge in [-0.05, 0) is 126 Å². The molecular weight excluding hydrogens is 639 g/mol. The van der Waals surface area contributed by atoms with Gasteiger partial charge in [-0.1, -0.05) is 159 Å². The van der Waals surface area contributed by atoms with Gasteiger partial charge in [-0.15, -0.1) is 0 Å². The van der Waals surface area contributed by atoms with E-state index >= 15 is 0 Å². The van der Waals surface area contributed by atoms with Gasteiger partial charge < -0.3 is 4.90 Å². The van der Waals surface area contributed by atoms with E-state index in [1.54, 1.807) is 0 Å². The van der Waals surface area contributed by atoms with Gasteiger partial charge in [-0.3, -0.25) is 0 Å². The molecule has 0 aliphatic heterocycles. The van der Waals surface area contributed by atoms with E-state index in [1.165, 1.54) is 88.1 Å². The third-order valence-electron chi connectivity index (χ3n) is 11.4. The summed E-state index contributed by atoms with van der Waals surface area (Å²) in [6.45, 7) is 6.97. The number of rotatable bonds is 6. The lowest BCUT2D eigenvalue weighted by atomic mass is 9.77. The second kappa shape index (κ2) is 12.1. The first-order chi connectivity index (χ1) is 26.0. The molecule has 0 radical (unpaired) electrons. The van der Waals surface area contributed by atoms with Gasteiger partial charge in [0.25, 0.3) is 0 Å². The van der Waals surface area contributed by atoms with E-state index in [4.69, 9.17) is 0 Å². The normalized spacial score (nSPS) is 13.3. The van der Waals surface area contributed by atoms with Crippen molar-refractivity contribution in [3.05, 3.63) is 198 Å². The van der Waals surface area contributed by atoms with E-state index in [0.717, 1.165) is 11.4 Å². The second-order valence-corrected chi connectivity index (χ2v) is 15.0. The maximum atomic E-state index is 2.44. The van der Waals surface area contributed by atoms with E-state index in [-0.39, 0.29) is 5.41 Å². The number of hydrogen-bond donors (Lipinski definition) is 0. The number of aryl methyl sites for hydroxylation is 1. The molecule has 0 fully saturated rings. The molecule has 0 heterocycles. The molecule has 53 heavy (non-hydrogen) atoms. The molecule has 252 valence electrons. The highest BCUT2D eigenvalue weighted by Crippen LogP contribution is 2.57. The first-order valence-electron chi connectivity index (χ1n) is 18.6. The highest BCUT2D eigenvalue weighted by Gasteiger charge is 2.39. The molecule has 0 aromatic heterocycles. The highest BCUT2D eigenvalue weighted by molar-refractivity contribution is 6.31. The van der Waals surface area contributed by atoms with Crippen molar-refractivity contribution >= 4 is 61.5 Å². The minimum atomic E-state index is -0.213. The molecular formula is C52H39N. The first-order valence-corrected chi connectivity index (χ1v) is 18.6. The minimum Gasteiger partial charge on any atom is -0.310 e. The number of benzene rings is 9. The summed E-state index contributed by atoms with van der Waals surface area (Å²) in [5.74, 6) is 0. The Morgan fingerprint density at radius 3 is 1.75 bits per heavy atom. The quantitative estimate of drug-likeness (QED) is 0.125. The summed E-state index contributed by atoms with van der Waals surface area (Å²) in [7, 11) is 0. The second-order valence-electron chi connectivity index (χ2n) is 15.0. The molecule has 0 saturated heterocycles. The zero-order valence-corrected chi connectivity index (χ0v) is 30.3. The molecule has 9 aromatic carbocycles. The molecule has 0 N–H and O–H groups in total. The molecule has 1 heteroatoms. The first kappa shape index (κ1) is 31.3. The molecule has 10 rings (SSSR count). The lowest BCUT2D eigenvalue weighted by Crippen LogP contribution is -2.17. The molecule has 1 aliphatic carbocycles. The average Bonchev–Trinajstić information content (AvgIpc) is 3.44. The Bertz CT molecular complexity index is 2790. The zero-order chi connectivity index (χ0) is 35.7. The van der Waals surface area contributed by atoms with E-state index < -0.39 is 0 Å². The molecule has 0 amide bonds. The SMILES string of the molecule is Cc1ccc(/C=C/c2ccc(-c3cc4cccc5c6c(c7cccc3c7c45)C(C)(C)c3cc(N(c4ccccc4)c4ccccc4)ccc3-6)cc2)cc1. The minimum absolute atomic E-state index is 0.213. The highest BCUT2D eigenvalue weighted by atomic mass is 15.1. The number of anilines is 3. The van der Waals surface area contributed by atoms with Gasteiger partial charge >= 0.3 is 0 Å². The summed E-state index contributed by atoms with van der Waals surface area (Å²) in [5.41, 5.74) is 15.0. The Kier molecular flexibility index (Phi) is 7.13. The fourth-order valence-electron chi connectivity index (χ4n) is 8.89. The van der Waals surface area contributed by atoms with Crippen LogP contribution in [-0.4, -0.2) is 0 Å². The third kappa shape index (κ3) is 4.99. The molecule has 0 atom stereocenters. The van der Waals surface area contributed by atoms with E-state index in [2.05, 4.69) is 208 Å². The van der Waals surface area contributed by atoms with Gasteiger partial charge in [0.1, 0.15) is 0 Å². The molecule has 1 aliphatic rings. The average molecular weight is 678 g/mol. The maximum Gasteiger partial charge on any atom is 0.0465 e. The number of nitrogens with zero attached hydrogens (tertiary/aromatic N) is 1. The summed E-state index contributed by atoms with van der Waals surface area (Å²) in [4.78, 5) is 2.37. The summed E-state index contributed by atoms with van der Waals surface area (Å²) in [6, 6.07) is 62.5. The van der Waals surface area contributed by atoms with Gasteiger partial charge in [0.15, 0.2) is 0 Å². The van der Waals surface area contributed by atoms with Crippen molar-refractivity contribution < 1.29 is 0 Å². The van der Waals surface area contributed by atoms with Crippen LogP contribution >= 0.6 is 0 Å². The van der Waals surface area contributed by atoms with Crippen LogP contribution in [0.2, 0.25) is 0 Å². The largest absolute Gasteiger partial charge is 0.310 e. The van der Waals surface area contributed by atoms with E-state index in [9.17, 15) is 0 Å². The predicted octanol–water partition coefficient (Wildman–Crippen LogP) is 14.5. The topological polar surface area (TPSA) is 3.24 Å². The Morgan fingerprint density at radius 1 is 0.472 bits per heavy atom. The van der Waals surface area contributed by atoms with Crippen LogP contribution in [0.3, 0.4) is 0 Å². The Labute approximate surface area is 311 Å². The van der Waals surface area contributed by atoms with Crippen LogP contribution in [0.4, 0.5) is 17.1 Å². The van der Waals surface area contributed by atoms with Crippen LogP contribution in [-0.2, 0) is 5.41 Å². The lowest BCUT2D eigenvalue weighted by molar-refractivity contribution is 0.666. The van der Waals surface area contributed by atoms with Crippen LogP contribution in [0, 0.1) is 6.92 Å². The zero-order valence-electron chi connectivity index (χ0n) is 30.3. The fraction of sp³-hybridized carbons (Fsp3) is 0.0769. The molecule has 0 saturated carbocycles.